The second-order valence-corrected chi connectivity index (χ2v) is 5.08. The maximum atomic E-state index is 4.67. The van der Waals surface area contributed by atoms with Crippen LogP contribution in [0.1, 0.15) is 38.9 Å². The summed E-state index contributed by atoms with van der Waals surface area (Å²) in [6.07, 6.45) is 1.20. The van der Waals surface area contributed by atoms with E-state index in [4.69, 9.17) is 0 Å². The van der Waals surface area contributed by atoms with Gasteiger partial charge in [0.15, 0.2) is 0 Å². The Labute approximate surface area is 91.1 Å². The number of anilines is 1. The molecule has 1 atom stereocenters. The van der Waals surface area contributed by atoms with Gasteiger partial charge in [-0.25, -0.2) is 4.68 Å². The largest absolute Gasteiger partial charge is 0.373 e. The summed E-state index contributed by atoms with van der Waals surface area (Å²) in [6.45, 7) is 7.61. The van der Waals surface area contributed by atoms with Crippen LogP contribution in [0.5, 0.6) is 0 Å². The van der Waals surface area contributed by atoms with E-state index in [0.29, 0.717) is 6.04 Å². The van der Waals surface area contributed by atoms with Gasteiger partial charge in [-0.15, -0.1) is 0 Å². The quantitative estimate of drug-likeness (QED) is 0.777. The zero-order chi connectivity index (χ0) is 11.1. The number of rotatable bonds is 2. The molecule has 84 valence electrons. The molecule has 0 saturated carbocycles. The highest BCUT2D eigenvalue weighted by atomic mass is 15.4. The molecule has 1 aromatic rings. The molecule has 1 fully saturated rings. The first-order chi connectivity index (χ1) is 7.02. The monoisotopic (exact) mass is 208 g/mol. The van der Waals surface area contributed by atoms with Crippen LogP contribution in [0.15, 0.2) is 6.07 Å². The molecule has 0 bridgehead atoms. The molecule has 2 rings (SSSR count). The van der Waals surface area contributed by atoms with E-state index in [0.717, 1.165) is 18.1 Å². The molecule has 0 aliphatic carbocycles. The van der Waals surface area contributed by atoms with Crippen LogP contribution >= 0.6 is 0 Å². The van der Waals surface area contributed by atoms with Gasteiger partial charge >= 0.3 is 0 Å². The average Bonchev–Trinajstić information content (AvgIpc) is 2.44. The second kappa shape index (κ2) is 3.52. The Morgan fingerprint density at radius 2 is 2.20 bits per heavy atom. The summed E-state index contributed by atoms with van der Waals surface area (Å²) in [5, 5.41) is 11.2. The topological polar surface area (TPSA) is 41.9 Å². The fraction of sp³-hybridized carbons (Fsp3) is 0.727. The molecule has 1 saturated heterocycles. The summed E-state index contributed by atoms with van der Waals surface area (Å²) in [6, 6.07) is 2.60. The average molecular weight is 208 g/mol. The van der Waals surface area contributed by atoms with Crippen molar-refractivity contribution in [1.82, 2.24) is 15.1 Å². The molecule has 15 heavy (non-hydrogen) atoms. The summed E-state index contributed by atoms with van der Waals surface area (Å²) < 4.78 is 2.06. The first kappa shape index (κ1) is 10.5. The lowest BCUT2D eigenvalue weighted by atomic mass is 10.0. The highest BCUT2D eigenvalue weighted by Crippen LogP contribution is 2.27. The molecule has 0 spiro atoms. The van der Waals surface area contributed by atoms with Gasteiger partial charge in [-0.1, -0.05) is 0 Å². The van der Waals surface area contributed by atoms with Crippen molar-refractivity contribution in [2.24, 2.45) is 0 Å². The summed E-state index contributed by atoms with van der Waals surface area (Å²) in [4.78, 5) is 0. The van der Waals surface area contributed by atoms with E-state index < -0.39 is 0 Å². The van der Waals surface area contributed by atoms with E-state index in [2.05, 4.69) is 47.3 Å². The van der Waals surface area contributed by atoms with Crippen LogP contribution in [0.3, 0.4) is 0 Å². The lowest BCUT2D eigenvalue weighted by Crippen LogP contribution is -2.35. The summed E-state index contributed by atoms with van der Waals surface area (Å²) in [7, 11) is 1.94. The number of nitrogens with zero attached hydrogens (tertiary/aromatic N) is 2. The van der Waals surface area contributed by atoms with Crippen LogP contribution in [-0.2, 0) is 5.54 Å². The summed E-state index contributed by atoms with van der Waals surface area (Å²) >= 11 is 0. The van der Waals surface area contributed by atoms with Crippen molar-refractivity contribution in [3.63, 3.8) is 0 Å². The molecular weight excluding hydrogens is 188 g/mol. The number of aromatic nitrogens is 2. The van der Waals surface area contributed by atoms with E-state index in [-0.39, 0.29) is 5.54 Å². The summed E-state index contributed by atoms with van der Waals surface area (Å²) in [5.41, 5.74) is 1.18. The van der Waals surface area contributed by atoms with Crippen LogP contribution in [0, 0.1) is 0 Å². The van der Waals surface area contributed by atoms with Gasteiger partial charge in [0.2, 0.25) is 0 Å². The number of nitrogens with one attached hydrogen (secondary N) is 2. The predicted octanol–water partition coefficient (Wildman–Crippen LogP) is 1.71. The Balaban J connectivity index is 2.32. The van der Waals surface area contributed by atoms with E-state index in [1.165, 1.54) is 6.42 Å². The first-order valence-electron chi connectivity index (χ1n) is 5.54. The molecular formula is C11H20N4. The standard InChI is InChI=1S/C11H20N4/c1-11(2,3)15-10(12-4)7-9(14-15)8-5-6-13-8/h7-8,12-13H,5-6H2,1-4H3. The fourth-order valence-electron chi connectivity index (χ4n) is 1.80. The molecule has 4 nitrogen and oxygen atoms in total. The molecule has 0 aromatic carbocycles. The molecule has 1 aliphatic heterocycles. The minimum absolute atomic E-state index is 0.0281. The van der Waals surface area contributed by atoms with E-state index in [1.807, 2.05) is 7.05 Å². The van der Waals surface area contributed by atoms with Crippen LogP contribution in [0.25, 0.3) is 0 Å². The Hall–Kier alpha value is -1.03. The van der Waals surface area contributed by atoms with Crippen LogP contribution in [0.4, 0.5) is 5.82 Å². The Morgan fingerprint density at radius 1 is 1.53 bits per heavy atom. The Kier molecular flexibility index (Phi) is 2.46. The molecule has 1 aromatic heterocycles. The zero-order valence-corrected chi connectivity index (χ0v) is 9.96. The predicted molar refractivity (Wildman–Crippen MR) is 62.1 cm³/mol. The Bertz CT molecular complexity index is 344. The molecule has 2 N–H and O–H groups in total. The molecule has 0 amide bonds. The van der Waals surface area contributed by atoms with Gasteiger partial charge in [-0.05, 0) is 33.7 Å². The lowest BCUT2D eigenvalue weighted by Gasteiger charge is -2.26. The second-order valence-electron chi connectivity index (χ2n) is 5.08. The third-order valence-electron chi connectivity index (χ3n) is 2.80. The van der Waals surface area contributed by atoms with Gasteiger partial charge in [0, 0.05) is 13.1 Å². The van der Waals surface area contributed by atoms with Crippen molar-refractivity contribution in [2.75, 3.05) is 18.9 Å². The third-order valence-corrected chi connectivity index (χ3v) is 2.80. The normalized spacial score (nSPS) is 21.2. The van der Waals surface area contributed by atoms with Crippen molar-refractivity contribution >= 4 is 5.82 Å². The van der Waals surface area contributed by atoms with Crippen LogP contribution in [0.2, 0.25) is 0 Å². The van der Waals surface area contributed by atoms with Gasteiger partial charge in [-0.2, -0.15) is 5.10 Å². The van der Waals surface area contributed by atoms with Crippen molar-refractivity contribution < 1.29 is 0 Å². The maximum Gasteiger partial charge on any atom is 0.124 e. The van der Waals surface area contributed by atoms with Gasteiger partial charge in [0.05, 0.1) is 17.3 Å². The minimum Gasteiger partial charge on any atom is -0.373 e. The van der Waals surface area contributed by atoms with E-state index in [9.17, 15) is 0 Å². The summed E-state index contributed by atoms with van der Waals surface area (Å²) in [5.74, 6) is 1.09. The lowest BCUT2D eigenvalue weighted by molar-refractivity contribution is 0.336. The SMILES string of the molecule is CNc1cc(C2CCN2)nn1C(C)(C)C. The van der Waals surface area contributed by atoms with Gasteiger partial charge in [0.1, 0.15) is 5.82 Å². The minimum atomic E-state index is 0.0281. The maximum absolute atomic E-state index is 4.67. The highest BCUT2D eigenvalue weighted by Gasteiger charge is 2.25. The van der Waals surface area contributed by atoms with Crippen LogP contribution in [-0.4, -0.2) is 23.4 Å². The van der Waals surface area contributed by atoms with Gasteiger partial charge in [0.25, 0.3) is 0 Å². The van der Waals surface area contributed by atoms with Gasteiger partial charge in [-0.3, -0.25) is 0 Å². The molecule has 2 heterocycles. The van der Waals surface area contributed by atoms with E-state index >= 15 is 0 Å². The van der Waals surface area contributed by atoms with Crippen molar-refractivity contribution in [1.29, 1.82) is 0 Å². The molecule has 0 radical (unpaired) electrons. The van der Waals surface area contributed by atoms with Crippen molar-refractivity contribution in [3.05, 3.63) is 11.8 Å². The zero-order valence-electron chi connectivity index (χ0n) is 9.96. The van der Waals surface area contributed by atoms with Crippen molar-refractivity contribution in [2.45, 2.75) is 38.8 Å². The smallest absolute Gasteiger partial charge is 0.124 e. The highest BCUT2D eigenvalue weighted by molar-refractivity contribution is 5.38. The number of hydrogen-bond acceptors (Lipinski definition) is 3. The molecule has 4 heteroatoms. The molecule has 1 unspecified atom stereocenters. The first-order valence-corrected chi connectivity index (χ1v) is 5.54. The van der Waals surface area contributed by atoms with E-state index in [1.54, 1.807) is 0 Å². The van der Waals surface area contributed by atoms with Crippen molar-refractivity contribution in [3.8, 4) is 0 Å². The van der Waals surface area contributed by atoms with Gasteiger partial charge < -0.3 is 10.6 Å². The Morgan fingerprint density at radius 3 is 2.53 bits per heavy atom. The fourth-order valence-corrected chi connectivity index (χ4v) is 1.80. The third kappa shape index (κ3) is 1.86. The van der Waals surface area contributed by atoms with Crippen LogP contribution < -0.4 is 10.6 Å². The molecule has 1 aliphatic rings. The number of hydrogen-bond donors (Lipinski definition) is 2.